The van der Waals surface area contributed by atoms with Gasteiger partial charge in [0.25, 0.3) is 5.91 Å². The standard InChI is InChI=1S/C29H35F4N3O4/c1-28(2,3)20-10-8-18(9-11-20)25(17-4-6-19(7-5-17)26(39)34-15-14-24(37)38)36-27(40)35-21-12-13-23(30)22(16-21)29(31,32)33/h4-7,12-13,16,18,20,25H,8-11,14-15H2,1-3H3,(H,34,39)(H,37,38)(H2,35,36,40). The first-order valence-electron chi connectivity index (χ1n) is 13.2. The van der Waals surface area contributed by atoms with Crippen LogP contribution in [-0.4, -0.2) is 29.6 Å². The van der Waals surface area contributed by atoms with E-state index in [0.29, 0.717) is 29.2 Å². The zero-order valence-corrected chi connectivity index (χ0v) is 22.7. The molecule has 7 nitrogen and oxygen atoms in total. The van der Waals surface area contributed by atoms with Crippen molar-refractivity contribution in [2.24, 2.45) is 17.3 Å². The van der Waals surface area contributed by atoms with E-state index in [0.717, 1.165) is 31.7 Å². The molecule has 218 valence electrons. The van der Waals surface area contributed by atoms with Crippen LogP contribution in [0.5, 0.6) is 0 Å². The predicted molar refractivity (Wildman–Crippen MR) is 142 cm³/mol. The van der Waals surface area contributed by atoms with Crippen molar-refractivity contribution in [1.82, 2.24) is 10.6 Å². The second-order valence-corrected chi connectivity index (χ2v) is 11.3. The van der Waals surface area contributed by atoms with E-state index in [-0.39, 0.29) is 30.0 Å². The third-order valence-electron chi connectivity index (χ3n) is 7.44. The Kier molecular flexibility index (Phi) is 9.81. The van der Waals surface area contributed by atoms with Crippen LogP contribution in [0.4, 0.5) is 28.0 Å². The highest BCUT2D eigenvalue weighted by atomic mass is 19.4. The molecular weight excluding hydrogens is 530 g/mol. The van der Waals surface area contributed by atoms with Gasteiger partial charge in [0.05, 0.1) is 18.0 Å². The summed E-state index contributed by atoms with van der Waals surface area (Å²) >= 11 is 0. The van der Waals surface area contributed by atoms with Crippen LogP contribution in [0.15, 0.2) is 42.5 Å². The number of nitrogens with one attached hydrogen (secondary N) is 3. The van der Waals surface area contributed by atoms with E-state index in [1.807, 2.05) is 0 Å². The molecule has 3 rings (SSSR count). The molecule has 1 saturated carbocycles. The lowest BCUT2D eigenvalue weighted by Crippen LogP contribution is -2.38. The van der Waals surface area contributed by atoms with E-state index in [1.165, 1.54) is 0 Å². The lowest BCUT2D eigenvalue weighted by molar-refractivity contribution is -0.140. The molecule has 1 aliphatic carbocycles. The summed E-state index contributed by atoms with van der Waals surface area (Å²) in [7, 11) is 0. The molecule has 0 heterocycles. The SMILES string of the molecule is CC(C)(C)C1CCC(C(NC(=O)Nc2ccc(F)c(C(F)(F)F)c2)c2ccc(C(=O)NCCC(=O)O)cc2)CC1. The molecule has 1 atom stereocenters. The Bertz CT molecular complexity index is 1200. The Balaban J connectivity index is 1.78. The van der Waals surface area contributed by atoms with Crippen molar-refractivity contribution in [3.63, 3.8) is 0 Å². The van der Waals surface area contributed by atoms with Crippen molar-refractivity contribution in [2.45, 2.75) is 65.1 Å². The summed E-state index contributed by atoms with van der Waals surface area (Å²) < 4.78 is 53.1. The van der Waals surface area contributed by atoms with E-state index >= 15 is 0 Å². The molecule has 1 unspecified atom stereocenters. The monoisotopic (exact) mass is 565 g/mol. The maximum absolute atomic E-state index is 13.7. The Hall–Kier alpha value is -3.63. The molecule has 0 aromatic heterocycles. The van der Waals surface area contributed by atoms with Gasteiger partial charge in [0.15, 0.2) is 0 Å². The molecule has 2 aromatic carbocycles. The Morgan fingerprint density at radius 3 is 2.15 bits per heavy atom. The molecular formula is C29H35F4N3O4. The lowest BCUT2D eigenvalue weighted by Gasteiger charge is -2.39. The fraction of sp³-hybridized carbons (Fsp3) is 0.483. The maximum Gasteiger partial charge on any atom is 0.419 e. The highest BCUT2D eigenvalue weighted by Crippen LogP contribution is 2.43. The van der Waals surface area contributed by atoms with Crippen LogP contribution in [-0.2, 0) is 11.0 Å². The Morgan fingerprint density at radius 2 is 1.60 bits per heavy atom. The van der Waals surface area contributed by atoms with Gasteiger partial charge >= 0.3 is 18.2 Å². The van der Waals surface area contributed by atoms with Gasteiger partial charge in [-0.3, -0.25) is 9.59 Å². The first-order chi connectivity index (χ1) is 18.6. The van der Waals surface area contributed by atoms with Crippen LogP contribution in [0.2, 0.25) is 0 Å². The summed E-state index contributed by atoms with van der Waals surface area (Å²) in [5.74, 6) is -2.34. The molecule has 4 N–H and O–H groups in total. The number of halogens is 4. The lowest BCUT2D eigenvalue weighted by atomic mass is 9.68. The predicted octanol–water partition coefficient (Wildman–Crippen LogP) is 6.76. The summed E-state index contributed by atoms with van der Waals surface area (Å²) in [4.78, 5) is 36.0. The minimum atomic E-state index is -4.91. The van der Waals surface area contributed by atoms with E-state index in [9.17, 15) is 31.9 Å². The van der Waals surface area contributed by atoms with E-state index in [4.69, 9.17) is 5.11 Å². The first-order valence-corrected chi connectivity index (χ1v) is 13.2. The average molecular weight is 566 g/mol. The minimum Gasteiger partial charge on any atom is -0.481 e. The van der Waals surface area contributed by atoms with Crippen molar-refractivity contribution >= 4 is 23.6 Å². The van der Waals surface area contributed by atoms with Gasteiger partial charge in [-0.05, 0) is 78.8 Å². The number of carboxylic acid groups (broad SMARTS) is 1. The molecule has 0 radical (unpaired) electrons. The summed E-state index contributed by atoms with van der Waals surface area (Å²) in [6.45, 7) is 6.56. The number of carbonyl (C=O) groups excluding carboxylic acids is 2. The van der Waals surface area contributed by atoms with E-state index in [2.05, 4.69) is 36.7 Å². The molecule has 11 heteroatoms. The fourth-order valence-electron chi connectivity index (χ4n) is 5.15. The van der Waals surface area contributed by atoms with Crippen molar-refractivity contribution in [3.8, 4) is 0 Å². The van der Waals surface area contributed by atoms with Gasteiger partial charge in [-0.15, -0.1) is 0 Å². The maximum atomic E-state index is 13.7. The highest BCUT2D eigenvalue weighted by Gasteiger charge is 2.36. The molecule has 1 aliphatic rings. The van der Waals surface area contributed by atoms with Crippen LogP contribution in [0.3, 0.4) is 0 Å². The van der Waals surface area contributed by atoms with Gasteiger partial charge in [0.2, 0.25) is 0 Å². The second kappa shape index (κ2) is 12.7. The van der Waals surface area contributed by atoms with E-state index in [1.54, 1.807) is 24.3 Å². The summed E-state index contributed by atoms with van der Waals surface area (Å²) in [5, 5.41) is 16.6. The van der Waals surface area contributed by atoms with Gasteiger partial charge in [-0.2, -0.15) is 13.2 Å². The van der Waals surface area contributed by atoms with Gasteiger partial charge in [0, 0.05) is 17.8 Å². The number of anilines is 1. The fourth-order valence-corrected chi connectivity index (χ4v) is 5.15. The molecule has 2 aromatic rings. The Morgan fingerprint density at radius 1 is 0.975 bits per heavy atom. The third kappa shape index (κ3) is 8.43. The zero-order chi connectivity index (χ0) is 29.7. The number of hydrogen-bond donors (Lipinski definition) is 4. The number of amides is 3. The zero-order valence-electron chi connectivity index (χ0n) is 22.7. The topological polar surface area (TPSA) is 108 Å². The second-order valence-electron chi connectivity index (χ2n) is 11.3. The van der Waals surface area contributed by atoms with Gasteiger partial charge in [-0.25, -0.2) is 9.18 Å². The summed E-state index contributed by atoms with van der Waals surface area (Å²) in [6, 6.07) is 7.60. The largest absolute Gasteiger partial charge is 0.481 e. The minimum absolute atomic E-state index is 0.0171. The van der Waals surface area contributed by atoms with Crippen LogP contribution >= 0.6 is 0 Å². The number of benzene rings is 2. The van der Waals surface area contributed by atoms with Gasteiger partial charge in [-0.1, -0.05) is 32.9 Å². The third-order valence-corrected chi connectivity index (χ3v) is 7.44. The molecule has 0 spiro atoms. The van der Waals surface area contributed by atoms with E-state index < -0.39 is 41.5 Å². The van der Waals surface area contributed by atoms with Crippen molar-refractivity contribution in [1.29, 1.82) is 0 Å². The molecule has 1 fully saturated rings. The molecule has 0 aliphatic heterocycles. The number of hydrogen-bond acceptors (Lipinski definition) is 3. The number of rotatable bonds is 8. The smallest absolute Gasteiger partial charge is 0.419 e. The summed E-state index contributed by atoms with van der Waals surface area (Å²) in [5.41, 5.74) is -0.500. The molecule has 0 saturated heterocycles. The number of alkyl halides is 3. The molecule has 3 amide bonds. The quantitative estimate of drug-likeness (QED) is 0.265. The highest BCUT2D eigenvalue weighted by molar-refractivity contribution is 5.94. The van der Waals surface area contributed by atoms with Gasteiger partial charge < -0.3 is 21.1 Å². The van der Waals surface area contributed by atoms with Crippen molar-refractivity contribution in [3.05, 3.63) is 65.0 Å². The van der Waals surface area contributed by atoms with Crippen molar-refractivity contribution in [2.75, 3.05) is 11.9 Å². The number of aliphatic carboxylic acids is 1. The molecule has 40 heavy (non-hydrogen) atoms. The Labute approximate surface area is 230 Å². The normalized spacial score (nSPS) is 18.5. The first kappa shape index (κ1) is 30.9. The van der Waals surface area contributed by atoms with Crippen LogP contribution in [0.25, 0.3) is 0 Å². The number of carboxylic acids is 1. The van der Waals surface area contributed by atoms with Crippen LogP contribution in [0, 0.1) is 23.1 Å². The van der Waals surface area contributed by atoms with Crippen LogP contribution in [0.1, 0.15) is 80.4 Å². The van der Waals surface area contributed by atoms with Crippen LogP contribution < -0.4 is 16.0 Å². The number of urea groups is 1. The van der Waals surface area contributed by atoms with Crippen molar-refractivity contribution < 1.29 is 37.1 Å². The number of carbonyl (C=O) groups is 3. The molecule has 0 bridgehead atoms. The average Bonchev–Trinajstić information content (AvgIpc) is 2.87. The summed E-state index contributed by atoms with van der Waals surface area (Å²) in [6.07, 6.45) is -1.58. The van der Waals surface area contributed by atoms with Gasteiger partial charge in [0.1, 0.15) is 5.82 Å².